The van der Waals surface area contributed by atoms with Gasteiger partial charge in [0, 0.05) is 12.4 Å². The van der Waals surface area contributed by atoms with Crippen LogP contribution in [0.15, 0.2) is 42.5 Å². The fourth-order valence-corrected chi connectivity index (χ4v) is 3.66. The number of anilines is 1. The quantitative estimate of drug-likeness (QED) is 0.714. The number of aryl methyl sites for hydroxylation is 2. The summed E-state index contributed by atoms with van der Waals surface area (Å²) in [4.78, 5) is 0. The molecule has 0 aliphatic rings. The fourth-order valence-electron chi connectivity index (χ4n) is 2.33. The summed E-state index contributed by atoms with van der Waals surface area (Å²) in [5, 5.41) is 3.07. The fraction of sp³-hybridized carbons (Fsp3) is 0.333. The summed E-state index contributed by atoms with van der Waals surface area (Å²) in [6.07, 6.45) is 0. The molecule has 4 heteroatoms. The van der Waals surface area contributed by atoms with E-state index in [4.69, 9.17) is 4.52 Å². The van der Waals surface area contributed by atoms with Gasteiger partial charge in [-0.25, -0.2) is 0 Å². The maximum atomic E-state index is 12.7. The van der Waals surface area contributed by atoms with E-state index < -0.39 is 7.52 Å². The molecule has 0 heterocycles. The first-order valence-corrected chi connectivity index (χ1v) is 9.57. The van der Waals surface area contributed by atoms with Gasteiger partial charge in [-0.15, -0.1) is 0 Å². The molecule has 2 aromatic carbocycles. The standard InChI is InChI=1S/C18H24NO2P/c1-13(2)16-9-11-17(12-10-16)21-22(5,20)19-18-14(3)7-6-8-15(18)4/h6-13H,1-5H3,(H,19,20)/t22-/m1/s1. The van der Waals surface area contributed by atoms with Crippen LogP contribution < -0.4 is 9.61 Å². The molecule has 0 aliphatic heterocycles. The van der Waals surface area contributed by atoms with E-state index in [1.165, 1.54) is 5.56 Å². The Balaban J connectivity index is 2.15. The summed E-state index contributed by atoms with van der Waals surface area (Å²) in [6.45, 7) is 9.88. The van der Waals surface area contributed by atoms with Gasteiger partial charge >= 0.3 is 7.52 Å². The molecule has 1 N–H and O–H groups in total. The van der Waals surface area contributed by atoms with Gasteiger partial charge in [0.15, 0.2) is 0 Å². The highest BCUT2D eigenvalue weighted by molar-refractivity contribution is 7.60. The largest absolute Gasteiger partial charge is 0.429 e. The van der Waals surface area contributed by atoms with Crippen molar-refractivity contribution in [2.75, 3.05) is 11.8 Å². The number of benzene rings is 2. The zero-order valence-corrected chi connectivity index (χ0v) is 14.8. The molecule has 0 amide bonds. The molecule has 0 spiro atoms. The van der Waals surface area contributed by atoms with Crippen LogP contribution >= 0.6 is 7.52 Å². The van der Waals surface area contributed by atoms with Crippen LogP contribution in [0.2, 0.25) is 0 Å². The second-order valence-corrected chi connectivity index (χ2v) is 8.14. The Morgan fingerprint density at radius 3 is 2.05 bits per heavy atom. The zero-order valence-electron chi connectivity index (χ0n) is 13.9. The minimum Gasteiger partial charge on any atom is -0.429 e. The van der Waals surface area contributed by atoms with Crippen LogP contribution in [0.1, 0.15) is 36.5 Å². The third-order valence-electron chi connectivity index (χ3n) is 3.62. The molecule has 0 saturated carbocycles. The van der Waals surface area contributed by atoms with E-state index in [0.717, 1.165) is 16.8 Å². The molecule has 2 rings (SSSR count). The molecule has 0 bridgehead atoms. The Labute approximate surface area is 133 Å². The maximum Gasteiger partial charge on any atom is 0.338 e. The highest BCUT2D eigenvalue weighted by Crippen LogP contribution is 2.44. The lowest BCUT2D eigenvalue weighted by atomic mass is 10.0. The van der Waals surface area contributed by atoms with Crippen molar-refractivity contribution in [1.82, 2.24) is 0 Å². The van der Waals surface area contributed by atoms with Crippen LogP contribution in [-0.2, 0) is 4.57 Å². The molecule has 118 valence electrons. The summed E-state index contributed by atoms with van der Waals surface area (Å²) < 4.78 is 18.4. The minimum absolute atomic E-state index is 0.468. The van der Waals surface area contributed by atoms with Crippen molar-refractivity contribution in [1.29, 1.82) is 0 Å². The third-order valence-corrected chi connectivity index (χ3v) is 4.81. The highest BCUT2D eigenvalue weighted by atomic mass is 31.2. The van der Waals surface area contributed by atoms with Crippen LogP contribution in [-0.4, -0.2) is 6.66 Å². The summed E-state index contributed by atoms with van der Waals surface area (Å²) in [5.41, 5.74) is 4.23. The van der Waals surface area contributed by atoms with Gasteiger partial charge in [0.25, 0.3) is 0 Å². The molecule has 0 unspecified atom stereocenters. The average Bonchev–Trinajstić information content (AvgIpc) is 2.43. The van der Waals surface area contributed by atoms with Crippen molar-refractivity contribution >= 4 is 13.2 Å². The molecule has 0 aliphatic carbocycles. The predicted molar refractivity (Wildman–Crippen MR) is 94.2 cm³/mol. The molecule has 1 atom stereocenters. The van der Waals surface area contributed by atoms with E-state index >= 15 is 0 Å². The zero-order chi connectivity index (χ0) is 16.3. The summed E-state index contributed by atoms with van der Waals surface area (Å²) >= 11 is 0. The first kappa shape index (κ1) is 16.6. The minimum atomic E-state index is -2.98. The molecule has 0 fully saturated rings. The number of rotatable bonds is 5. The van der Waals surface area contributed by atoms with Crippen molar-refractivity contribution in [3.8, 4) is 5.75 Å². The maximum absolute atomic E-state index is 12.7. The van der Waals surface area contributed by atoms with Crippen LogP contribution in [0.25, 0.3) is 0 Å². The second-order valence-electron chi connectivity index (χ2n) is 6.04. The van der Waals surface area contributed by atoms with Crippen LogP contribution in [0.3, 0.4) is 0 Å². The Morgan fingerprint density at radius 2 is 1.55 bits per heavy atom. The number of para-hydroxylation sites is 1. The average molecular weight is 317 g/mol. The van der Waals surface area contributed by atoms with Gasteiger partial charge in [0.05, 0.1) is 0 Å². The van der Waals surface area contributed by atoms with Crippen LogP contribution in [0.5, 0.6) is 5.75 Å². The van der Waals surface area contributed by atoms with Gasteiger partial charge in [-0.1, -0.05) is 44.2 Å². The lowest BCUT2D eigenvalue weighted by Gasteiger charge is -2.20. The molecule has 0 aromatic heterocycles. The molecule has 0 radical (unpaired) electrons. The van der Waals surface area contributed by atoms with Crippen molar-refractivity contribution in [3.63, 3.8) is 0 Å². The highest BCUT2D eigenvalue weighted by Gasteiger charge is 2.19. The van der Waals surface area contributed by atoms with E-state index in [2.05, 4.69) is 18.9 Å². The molecule has 2 aromatic rings. The number of hydrogen-bond donors (Lipinski definition) is 1. The monoisotopic (exact) mass is 317 g/mol. The van der Waals surface area contributed by atoms with E-state index in [9.17, 15) is 4.57 Å². The Morgan fingerprint density at radius 1 is 1.00 bits per heavy atom. The molecule has 22 heavy (non-hydrogen) atoms. The van der Waals surface area contributed by atoms with Crippen molar-refractivity contribution < 1.29 is 9.09 Å². The number of hydrogen-bond acceptors (Lipinski definition) is 2. The molecular formula is C18H24NO2P. The second kappa shape index (κ2) is 6.58. The summed E-state index contributed by atoms with van der Waals surface area (Å²) in [7, 11) is -2.98. The van der Waals surface area contributed by atoms with Gasteiger partial charge < -0.3 is 9.61 Å². The molecule has 0 saturated heterocycles. The number of nitrogens with one attached hydrogen (secondary N) is 1. The van der Waals surface area contributed by atoms with Gasteiger partial charge in [0.1, 0.15) is 5.75 Å². The summed E-state index contributed by atoms with van der Waals surface area (Å²) in [5.74, 6) is 1.09. The van der Waals surface area contributed by atoms with E-state index in [1.54, 1.807) is 6.66 Å². The van der Waals surface area contributed by atoms with Gasteiger partial charge in [0.2, 0.25) is 0 Å². The van der Waals surface area contributed by atoms with Gasteiger partial charge in [-0.3, -0.25) is 4.57 Å². The Hall–Kier alpha value is -1.73. The predicted octanol–water partition coefficient (Wildman–Crippen LogP) is 5.74. The van der Waals surface area contributed by atoms with Gasteiger partial charge in [-0.2, -0.15) is 0 Å². The van der Waals surface area contributed by atoms with Gasteiger partial charge in [-0.05, 0) is 48.6 Å². The first-order valence-electron chi connectivity index (χ1n) is 7.50. The van der Waals surface area contributed by atoms with E-state index in [0.29, 0.717) is 11.7 Å². The molecule has 3 nitrogen and oxygen atoms in total. The lowest BCUT2D eigenvalue weighted by molar-refractivity contribution is 0.493. The van der Waals surface area contributed by atoms with E-state index in [1.807, 2.05) is 56.3 Å². The van der Waals surface area contributed by atoms with Crippen molar-refractivity contribution in [2.45, 2.75) is 33.6 Å². The van der Waals surface area contributed by atoms with E-state index in [-0.39, 0.29) is 0 Å². The third kappa shape index (κ3) is 4.14. The van der Waals surface area contributed by atoms with Crippen LogP contribution in [0.4, 0.5) is 5.69 Å². The first-order chi connectivity index (χ1) is 10.3. The van der Waals surface area contributed by atoms with Crippen LogP contribution in [0, 0.1) is 13.8 Å². The SMILES string of the molecule is Cc1cccc(C)c1N[P@](C)(=O)Oc1ccc(C(C)C)cc1. The lowest BCUT2D eigenvalue weighted by Crippen LogP contribution is -2.05. The van der Waals surface area contributed by atoms with Crippen molar-refractivity contribution in [3.05, 3.63) is 59.2 Å². The Kier molecular flexibility index (Phi) is 4.97. The van der Waals surface area contributed by atoms with Crippen molar-refractivity contribution in [2.24, 2.45) is 0 Å². The summed E-state index contributed by atoms with van der Waals surface area (Å²) in [6, 6.07) is 13.7. The Bertz CT molecular complexity index is 672. The molecular weight excluding hydrogens is 293 g/mol. The smallest absolute Gasteiger partial charge is 0.338 e. The normalized spacial score (nSPS) is 13.7. The topological polar surface area (TPSA) is 38.3 Å².